The van der Waals surface area contributed by atoms with Crippen molar-refractivity contribution in [3.8, 4) is 0 Å². The molecule has 2 N–H and O–H groups in total. The van der Waals surface area contributed by atoms with Crippen LogP contribution < -0.4 is 10.6 Å². The minimum atomic E-state index is -0.921. The van der Waals surface area contributed by atoms with Gasteiger partial charge in [0.25, 0.3) is 0 Å². The van der Waals surface area contributed by atoms with Gasteiger partial charge >= 0.3 is 6.09 Å². The van der Waals surface area contributed by atoms with E-state index in [2.05, 4.69) is 10.6 Å². The molecule has 39 heavy (non-hydrogen) atoms. The maximum atomic E-state index is 14.4. The fourth-order valence-corrected chi connectivity index (χ4v) is 4.47. The monoisotopic (exact) mass is 537 g/mol. The number of ether oxygens (including phenoxy) is 1. The molecule has 0 saturated heterocycles. The van der Waals surface area contributed by atoms with E-state index in [1.807, 2.05) is 90.1 Å². The Kier molecular flexibility index (Phi) is 11.1. The Labute approximate surface area is 234 Å². The lowest BCUT2D eigenvalue weighted by atomic mass is 9.96. The smallest absolute Gasteiger partial charge is 0.408 e. The Hall–Kier alpha value is -3.35. The minimum absolute atomic E-state index is 0.257. The number of unbranched alkanes of at least 4 members (excludes halogenated alkanes) is 1. The molecule has 7 nitrogen and oxygen atoms in total. The van der Waals surface area contributed by atoms with E-state index in [4.69, 9.17) is 4.74 Å². The van der Waals surface area contributed by atoms with E-state index in [-0.39, 0.29) is 18.2 Å². The summed E-state index contributed by atoms with van der Waals surface area (Å²) >= 11 is 0. The number of amides is 3. The lowest BCUT2D eigenvalue weighted by Gasteiger charge is -2.36. The third kappa shape index (κ3) is 10.7. The number of hydrogen-bond acceptors (Lipinski definition) is 4. The van der Waals surface area contributed by atoms with E-state index in [9.17, 15) is 14.4 Å². The van der Waals surface area contributed by atoms with E-state index in [0.29, 0.717) is 13.0 Å². The number of benzene rings is 2. The summed E-state index contributed by atoms with van der Waals surface area (Å²) in [7, 11) is 0. The molecule has 2 unspecified atom stereocenters. The van der Waals surface area contributed by atoms with Crippen LogP contribution in [0.1, 0.15) is 89.6 Å². The highest BCUT2D eigenvalue weighted by molar-refractivity contribution is 5.92. The second-order valence-electron chi connectivity index (χ2n) is 12.3. The van der Waals surface area contributed by atoms with Crippen molar-refractivity contribution in [1.29, 1.82) is 0 Å². The Morgan fingerprint density at radius 3 is 2.03 bits per heavy atom. The topological polar surface area (TPSA) is 87.7 Å². The van der Waals surface area contributed by atoms with Crippen molar-refractivity contribution in [2.24, 2.45) is 0 Å². The average Bonchev–Trinajstić information content (AvgIpc) is 2.78. The highest BCUT2D eigenvalue weighted by Gasteiger charge is 2.37. The number of nitrogens with zero attached hydrogens (tertiary/aromatic N) is 1. The molecule has 0 aliphatic carbocycles. The normalized spacial score (nSPS) is 13.3. The number of alkyl carbamates (subject to hydrolysis) is 1. The molecule has 0 radical (unpaired) electrons. The van der Waals surface area contributed by atoms with Crippen LogP contribution in [0, 0.1) is 13.8 Å². The van der Waals surface area contributed by atoms with Crippen molar-refractivity contribution in [3.05, 3.63) is 70.8 Å². The molecule has 0 heterocycles. The van der Waals surface area contributed by atoms with Gasteiger partial charge in [-0.3, -0.25) is 9.59 Å². The van der Waals surface area contributed by atoms with Crippen LogP contribution in [0.5, 0.6) is 0 Å². The Morgan fingerprint density at radius 2 is 1.51 bits per heavy atom. The van der Waals surface area contributed by atoms with Crippen LogP contribution in [0.25, 0.3) is 0 Å². The Morgan fingerprint density at radius 1 is 0.923 bits per heavy atom. The number of carbonyl (C=O) groups excluding carboxylic acids is 3. The summed E-state index contributed by atoms with van der Waals surface area (Å²) in [5.41, 5.74) is 2.44. The van der Waals surface area contributed by atoms with Crippen molar-refractivity contribution in [1.82, 2.24) is 15.5 Å². The maximum absolute atomic E-state index is 14.4. The summed E-state index contributed by atoms with van der Waals surface area (Å²) in [5.74, 6) is -0.584. The molecule has 3 amide bonds. The molecule has 0 aromatic heterocycles. The molecule has 0 spiro atoms. The second kappa shape index (κ2) is 13.6. The van der Waals surface area contributed by atoms with Crippen LogP contribution in [0.4, 0.5) is 4.79 Å². The van der Waals surface area contributed by atoms with Gasteiger partial charge in [0.15, 0.2) is 0 Å². The molecule has 0 aliphatic heterocycles. The zero-order valence-electron chi connectivity index (χ0n) is 25.2. The van der Waals surface area contributed by atoms with Crippen molar-refractivity contribution in [2.75, 3.05) is 6.54 Å². The van der Waals surface area contributed by atoms with E-state index < -0.39 is 29.3 Å². The predicted molar refractivity (Wildman–Crippen MR) is 156 cm³/mol. The highest BCUT2D eigenvalue weighted by atomic mass is 16.6. The Balaban J connectivity index is 2.60. The first kappa shape index (κ1) is 31.9. The fraction of sp³-hybridized carbons (Fsp3) is 0.531. The van der Waals surface area contributed by atoms with Gasteiger partial charge in [-0.25, -0.2) is 4.79 Å². The largest absolute Gasteiger partial charge is 0.444 e. The van der Waals surface area contributed by atoms with Crippen molar-refractivity contribution in [3.63, 3.8) is 0 Å². The Bertz CT molecular complexity index is 1100. The number of hydrogen-bond donors (Lipinski definition) is 2. The summed E-state index contributed by atoms with van der Waals surface area (Å²) < 4.78 is 5.51. The molecular formula is C32H47N3O4. The van der Waals surface area contributed by atoms with Gasteiger partial charge in [0.05, 0.1) is 0 Å². The van der Waals surface area contributed by atoms with Gasteiger partial charge in [0, 0.05) is 18.5 Å². The maximum Gasteiger partial charge on any atom is 0.408 e. The fourth-order valence-electron chi connectivity index (χ4n) is 4.47. The van der Waals surface area contributed by atoms with Crippen LogP contribution in [0.15, 0.2) is 48.5 Å². The van der Waals surface area contributed by atoms with Crippen LogP contribution in [0.3, 0.4) is 0 Å². The van der Waals surface area contributed by atoms with Gasteiger partial charge in [-0.05, 0) is 72.9 Å². The van der Waals surface area contributed by atoms with Crippen molar-refractivity contribution in [2.45, 2.75) is 105 Å². The van der Waals surface area contributed by atoms with E-state index >= 15 is 0 Å². The number of rotatable bonds is 10. The van der Waals surface area contributed by atoms with Gasteiger partial charge in [-0.2, -0.15) is 0 Å². The average molecular weight is 538 g/mol. The lowest BCUT2D eigenvalue weighted by Crippen LogP contribution is -2.55. The molecular weight excluding hydrogens is 490 g/mol. The van der Waals surface area contributed by atoms with Crippen LogP contribution in [-0.4, -0.2) is 46.5 Å². The molecule has 7 heteroatoms. The summed E-state index contributed by atoms with van der Waals surface area (Å²) in [5, 5.41) is 5.89. The quantitative estimate of drug-likeness (QED) is 0.388. The molecule has 2 rings (SSSR count). The number of carbonyl (C=O) groups is 3. The third-order valence-corrected chi connectivity index (χ3v) is 5.93. The molecule has 0 saturated carbocycles. The standard InChI is InChI=1S/C32H47N3O4/c1-10-11-17-35(27(28(36)34-31(4,5)6)25-19-22(2)18-23(3)20-25)29(37)26(21-24-15-13-12-14-16-24)33-30(38)39-32(7,8)9/h12-16,18-20,26-27H,10-11,17,21H2,1-9H3,(H,33,38)(H,34,36). The summed E-state index contributed by atoms with van der Waals surface area (Å²) in [6.07, 6.45) is 1.14. The molecule has 0 fully saturated rings. The third-order valence-electron chi connectivity index (χ3n) is 5.93. The van der Waals surface area contributed by atoms with Crippen molar-refractivity contribution >= 4 is 17.9 Å². The zero-order chi connectivity index (χ0) is 29.4. The van der Waals surface area contributed by atoms with Crippen LogP contribution in [-0.2, 0) is 20.7 Å². The number of nitrogens with one attached hydrogen (secondary N) is 2. The second-order valence-corrected chi connectivity index (χ2v) is 12.3. The summed E-state index contributed by atoms with van der Waals surface area (Å²) in [4.78, 5) is 42.7. The van der Waals surface area contributed by atoms with Crippen molar-refractivity contribution < 1.29 is 19.1 Å². The first-order valence-corrected chi connectivity index (χ1v) is 13.8. The molecule has 0 bridgehead atoms. The van der Waals surface area contributed by atoms with Crippen LogP contribution in [0.2, 0.25) is 0 Å². The SMILES string of the molecule is CCCCN(C(=O)C(Cc1ccccc1)NC(=O)OC(C)(C)C)C(C(=O)NC(C)(C)C)c1cc(C)cc(C)c1. The van der Waals surface area contributed by atoms with Gasteiger partial charge in [0.1, 0.15) is 17.7 Å². The van der Waals surface area contributed by atoms with E-state index in [1.54, 1.807) is 25.7 Å². The summed E-state index contributed by atoms with van der Waals surface area (Å²) in [6.45, 7) is 17.5. The van der Waals surface area contributed by atoms with Gasteiger partial charge < -0.3 is 20.3 Å². The van der Waals surface area contributed by atoms with Crippen LogP contribution >= 0.6 is 0 Å². The summed E-state index contributed by atoms with van der Waals surface area (Å²) in [6, 6.07) is 13.7. The molecule has 2 aromatic carbocycles. The van der Waals surface area contributed by atoms with E-state index in [0.717, 1.165) is 28.7 Å². The first-order chi connectivity index (χ1) is 18.1. The molecule has 0 aliphatic rings. The van der Waals surface area contributed by atoms with Gasteiger partial charge in [0.2, 0.25) is 11.8 Å². The molecule has 214 valence electrons. The molecule has 2 aromatic rings. The lowest BCUT2D eigenvalue weighted by molar-refractivity contribution is -0.143. The van der Waals surface area contributed by atoms with Gasteiger partial charge in [-0.1, -0.05) is 73.0 Å². The molecule has 2 atom stereocenters. The van der Waals surface area contributed by atoms with Gasteiger partial charge in [-0.15, -0.1) is 0 Å². The number of aryl methyl sites for hydroxylation is 2. The zero-order valence-corrected chi connectivity index (χ0v) is 25.2. The minimum Gasteiger partial charge on any atom is -0.444 e. The highest BCUT2D eigenvalue weighted by Crippen LogP contribution is 2.27. The predicted octanol–water partition coefficient (Wildman–Crippen LogP) is 6.02. The van der Waals surface area contributed by atoms with E-state index in [1.165, 1.54) is 0 Å². The first-order valence-electron chi connectivity index (χ1n) is 13.8.